The summed E-state index contributed by atoms with van der Waals surface area (Å²) in [4.78, 5) is 17.7. The summed E-state index contributed by atoms with van der Waals surface area (Å²) >= 11 is 7.39. The van der Waals surface area contributed by atoms with Crippen LogP contribution in [0.15, 0.2) is 29.3 Å². The molecule has 1 amide bonds. The number of rotatable bonds is 4. The predicted octanol–water partition coefficient (Wildman–Crippen LogP) is 5.09. The van der Waals surface area contributed by atoms with E-state index in [1.807, 2.05) is 6.92 Å². The van der Waals surface area contributed by atoms with E-state index in [9.17, 15) is 4.79 Å². The Morgan fingerprint density at radius 3 is 2.30 bits per heavy atom. The summed E-state index contributed by atoms with van der Waals surface area (Å²) in [6, 6.07) is 5.60. The van der Waals surface area contributed by atoms with Gasteiger partial charge in [-0.2, -0.15) is 0 Å². The molecule has 0 saturated carbocycles. The van der Waals surface area contributed by atoms with Crippen molar-refractivity contribution in [1.29, 1.82) is 0 Å². The number of halogens is 1. The van der Waals surface area contributed by atoms with Gasteiger partial charge in [-0.1, -0.05) is 17.7 Å². The van der Waals surface area contributed by atoms with Crippen molar-refractivity contribution < 1.29 is 4.79 Å². The highest BCUT2D eigenvalue weighted by atomic mass is 35.5. The lowest BCUT2D eigenvalue weighted by molar-refractivity contribution is -0.115. The normalized spacial score (nSPS) is 12.1. The fourth-order valence-electron chi connectivity index (χ4n) is 2.27. The van der Waals surface area contributed by atoms with Crippen LogP contribution < -0.4 is 5.32 Å². The van der Waals surface area contributed by atoms with E-state index in [0.29, 0.717) is 10.8 Å². The van der Waals surface area contributed by atoms with Gasteiger partial charge < -0.3 is 5.32 Å². The minimum Gasteiger partial charge on any atom is -0.310 e. The van der Waals surface area contributed by atoms with Gasteiger partial charge in [0.2, 0.25) is 5.91 Å². The monoisotopic (exact) mass is 348 g/mol. The fraction of sp³-hybridized carbons (Fsp3) is 0.333. The van der Waals surface area contributed by atoms with Crippen LogP contribution in [0.1, 0.15) is 29.2 Å². The van der Waals surface area contributed by atoms with E-state index in [1.54, 1.807) is 23.9 Å². The molecular weight excluding hydrogens is 328 g/mol. The van der Waals surface area contributed by atoms with E-state index < -0.39 is 0 Å². The number of hydrogen-bond acceptors (Lipinski definition) is 3. The van der Waals surface area contributed by atoms with Crippen molar-refractivity contribution in [2.45, 2.75) is 44.8 Å². The Labute approximate surface area is 146 Å². The van der Waals surface area contributed by atoms with Crippen LogP contribution in [0.4, 0.5) is 5.82 Å². The molecule has 0 aliphatic rings. The summed E-state index contributed by atoms with van der Waals surface area (Å²) in [7, 11) is 0. The second kappa shape index (κ2) is 7.37. The Bertz CT molecular complexity index is 703. The molecule has 23 heavy (non-hydrogen) atoms. The average Bonchev–Trinajstić information content (AvgIpc) is 2.51. The van der Waals surface area contributed by atoms with Gasteiger partial charge in [0, 0.05) is 11.1 Å². The molecule has 0 aliphatic heterocycles. The topological polar surface area (TPSA) is 42.0 Å². The zero-order valence-corrected chi connectivity index (χ0v) is 15.6. The average molecular weight is 349 g/mol. The number of nitrogens with zero attached hydrogens (tertiary/aromatic N) is 1. The van der Waals surface area contributed by atoms with Gasteiger partial charge in [-0.3, -0.25) is 4.79 Å². The molecule has 0 aliphatic carbocycles. The number of carbonyl (C=O) groups excluding carboxylic acids is 1. The zero-order valence-electron chi connectivity index (χ0n) is 14.0. The Morgan fingerprint density at radius 2 is 1.78 bits per heavy atom. The second-order valence-corrected chi connectivity index (χ2v) is 7.49. The summed E-state index contributed by atoms with van der Waals surface area (Å²) in [5, 5.41) is 3.16. The Kier molecular flexibility index (Phi) is 5.71. The largest absolute Gasteiger partial charge is 0.310 e. The summed E-state index contributed by atoms with van der Waals surface area (Å²) < 4.78 is 0. The lowest BCUT2D eigenvalue weighted by atomic mass is 10.0. The van der Waals surface area contributed by atoms with Crippen LogP contribution in [0.2, 0.25) is 5.02 Å². The number of aryl methyl sites for hydroxylation is 2. The van der Waals surface area contributed by atoms with Gasteiger partial charge in [0.05, 0.1) is 10.3 Å². The number of hydrogen-bond donors (Lipinski definition) is 1. The standard InChI is InChI=1S/C18H21ClN2OS/c1-10-8-11(2)13(4)17(12(10)3)23-14(5)18(22)21-16-7-6-15(19)9-20-16/h6-9,14H,1-5H3,(H,20,21,22)/t14-/m0/s1. The van der Waals surface area contributed by atoms with Gasteiger partial charge in [-0.15, -0.1) is 11.8 Å². The van der Waals surface area contributed by atoms with Crippen LogP contribution in [0.3, 0.4) is 0 Å². The van der Waals surface area contributed by atoms with E-state index in [4.69, 9.17) is 11.6 Å². The Morgan fingerprint density at radius 1 is 1.17 bits per heavy atom. The van der Waals surface area contributed by atoms with Crippen LogP contribution in [0.25, 0.3) is 0 Å². The molecule has 0 unspecified atom stereocenters. The number of thioether (sulfide) groups is 1. The molecule has 3 nitrogen and oxygen atoms in total. The summed E-state index contributed by atoms with van der Waals surface area (Å²) in [6.45, 7) is 10.3. The number of nitrogens with one attached hydrogen (secondary N) is 1. The second-order valence-electron chi connectivity index (χ2n) is 5.70. The maximum absolute atomic E-state index is 12.4. The van der Waals surface area contributed by atoms with E-state index in [-0.39, 0.29) is 11.2 Å². The van der Waals surface area contributed by atoms with Gasteiger partial charge in [-0.25, -0.2) is 4.98 Å². The van der Waals surface area contributed by atoms with Crippen molar-refractivity contribution in [1.82, 2.24) is 4.98 Å². The van der Waals surface area contributed by atoms with Gasteiger partial charge >= 0.3 is 0 Å². The van der Waals surface area contributed by atoms with Crippen molar-refractivity contribution in [3.63, 3.8) is 0 Å². The first-order valence-corrected chi connectivity index (χ1v) is 8.72. The molecule has 0 radical (unpaired) electrons. The van der Waals surface area contributed by atoms with Crippen molar-refractivity contribution in [2.24, 2.45) is 0 Å². The highest BCUT2D eigenvalue weighted by Crippen LogP contribution is 2.33. The molecular formula is C18H21ClN2OS. The molecule has 1 atom stereocenters. The first-order valence-electron chi connectivity index (χ1n) is 7.46. The van der Waals surface area contributed by atoms with Gasteiger partial charge in [0.1, 0.15) is 5.82 Å². The minimum atomic E-state index is -0.217. The van der Waals surface area contributed by atoms with Gasteiger partial charge in [0.25, 0.3) is 0 Å². The Hall–Kier alpha value is -1.52. The highest BCUT2D eigenvalue weighted by Gasteiger charge is 2.18. The molecule has 122 valence electrons. The summed E-state index contributed by atoms with van der Waals surface area (Å²) in [5.41, 5.74) is 4.98. The molecule has 1 aromatic heterocycles. The first kappa shape index (κ1) is 17.8. The molecule has 2 rings (SSSR count). The quantitative estimate of drug-likeness (QED) is 0.782. The van der Waals surface area contributed by atoms with Crippen LogP contribution >= 0.6 is 23.4 Å². The van der Waals surface area contributed by atoms with Crippen molar-refractivity contribution in [3.8, 4) is 0 Å². The molecule has 0 saturated heterocycles. The molecule has 1 heterocycles. The predicted molar refractivity (Wildman–Crippen MR) is 98.6 cm³/mol. The van der Waals surface area contributed by atoms with Crippen molar-refractivity contribution in [3.05, 3.63) is 51.7 Å². The van der Waals surface area contributed by atoms with Crippen molar-refractivity contribution >= 4 is 35.1 Å². The Balaban J connectivity index is 2.14. The number of aromatic nitrogens is 1. The number of anilines is 1. The fourth-order valence-corrected chi connectivity index (χ4v) is 3.57. The van der Waals surface area contributed by atoms with Crippen LogP contribution in [0.5, 0.6) is 0 Å². The van der Waals surface area contributed by atoms with Crippen LogP contribution in [-0.2, 0) is 4.79 Å². The third-order valence-electron chi connectivity index (χ3n) is 3.94. The summed E-state index contributed by atoms with van der Waals surface area (Å²) in [5.74, 6) is 0.448. The SMILES string of the molecule is Cc1cc(C)c(C)c(S[C@@H](C)C(=O)Nc2ccc(Cl)cn2)c1C. The van der Waals surface area contributed by atoms with E-state index in [0.717, 1.165) is 0 Å². The van der Waals surface area contributed by atoms with E-state index in [1.165, 1.54) is 33.3 Å². The molecule has 2 aromatic rings. The maximum Gasteiger partial charge on any atom is 0.238 e. The maximum atomic E-state index is 12.4. The molecule has 1 N–H and O–H groups in total. The lowest BCUT2D eigenvalue weighted by Gasteiger charge is -2.18. The smallest absolute Gasteiger partial charge is 0.238 e. The number of amides is 1. The molecule has 0 bridgehead atoms. The lowest BCUT2D eigenvalue weighted by Crippen LogP contribution is -2.23. The third kappa shape index (κ3) is 4.27. The highest BCUT2D eigenvalue weighted by molar-refractivity contribution is 8.00. The summed E-state index contributed by atoms with van der Waals surface area (Å²) in [6.07, 6.45) is 1.52. The molecule has 5 heteroatoms. The third-order valence-corrected chi connectivity index (χ3v) is 5.58. The molecule has 1 aromatic carbocycles. The molecule has 0 spiro atoms. The van der Waals surface area contributed by atoms with Crippen molar-refractivity contribution in [2.75, 3.05) is 5.32 Å². The number of benzene rings is 1. The number of carbonyl (C=O) groups is 1. The molecule has 0 fully saturated rings. The first-order chi connectivity index (χ1) is 10.8. The number of pyridine rings is 1. The van der Waals surface area contributed by atoms with E-state index >= 15 is 0 Å². The van der Waals surface area contributed by atoms with Gasteiger partial charge in [-0.05, 0) is 69.0 Å². The van der Waals surface area contributed by atoms with Crippen LogP contribution in [0, 0.1) is 27.7 Å². The minimum absolute atomic E-state index is 0.0669. The zero-order chi connectivity index (χ0) is 17.1. The van der Waals surface area contributed by atoms with Gasteiger partial charge in [0.15, 0.2) is 0 Å². The van der Waals surface area contributed by atoms with Crippen LogP contribution in [-0.4, -0.2) is 16.1 Å². The van der Waals surface area contributed by atoms with E-state index in [2.05, 4.69) is 44.1 Å².